The summed E-state index contributed by atoms with van der Waals surface area (Å²) in [7, 11) is 3.93. The molecule has 0 aliphatic carbocycles. The smallest absolute Gasteiger partial charge is 0.272 e. The number of allylic oxidation sites excluding steroid dienone is 1. The first-order chi connectivity index (χ1) is 16.1. The van der Waals surface area contributed by atoms with E-state index in [9.17, 15) is 19.5 Å². The molecule has 8 nitrogen and oxygen atoms in total. The van der Waals surface area contributed by atoms with E-state index in [2.05, 4.69) is 0 Å². The molecule has 2 aliphatic heterocycles. The van der Waals surface area contributed by atoms with Crippen LogP contribution >= 0.6 is 0 Å². The zero-order valence-corrected chi connectivity index (χ0v) is 20.0. The van der Waals surface area contributed by atoms with E-state index in [1.165, 1.54) is 4.90 Å². The quantitative estimate of drug-likeness (QED) is 0.331. The van der Waals surface area contributed by atoms with Crippen molar-refractivity contribution < 1.29 is 28.7 Å². The van der Waals surface area contributed by atoms with Crippen LogP contribution in [0.3, 0.4) is 0 Å². The molecule has 0 bridgehead atoms. The predicted octanol–water partition coefficient (Wildman–Crippen LogP) is 1.59. The van der Waals surface area contributed by atoms with Crippen LogP contribution in [-0.4, -0.2) is 72.0 Å². The van der Waals surface area contributed by atoms with E-state index in [1.807, 2.05) is 57.4 Å². The lowest BCUT2D eigenvalue weighted by Gasteiger charge is -2.46. The van der Waals surface area contributed by atoms with Crippen LogP contribution in [0.15, 0.2) is 47.7 Å². The maximum atomic E-state index is 12.5. The maximum absolute atomic E-state index is 12.5. The molecule has 4 atom stereocenters. The summed E-state index contributed by atoms with van der Waals surface area (Å²) in [5, 5.41) is 12.0. The normalized spacial score (nSPS) is 23.0. The molecule has 180 valence electrons. The van der Waals surface area contributed by atoms with Crippen LogP contribution in [-0.2, 0) is 20.9 Å². The van der Waals surface area contributed by atoms with Gasteiger partial charge in [-0.15, -0.1) is 0 Å². The Labute approximate surface area is 199 Å². The fourth-order valence-corrected chi connectivity index (χ4v) is 5.47. The van der Waals surface area contributed by atoms with Crippen molar-refractivity contribution in [2.45, 2.75) is 32.5 Å². The third kappa shape index (κ3) is 4.08. The van der Waals surface area contributed by atoms with E-state index < -0.39 is 12.0 Å². The number of quaternary nitrogens is 1. The molecule has 8 heteroatoms. The minimum atomic E-state index is -0.766. The lowest BCUT2D eigenvalue weighted by molar-refractivity contribution is -0.895. The molecule has 2 aliphatic rings. The summed E-state index contributed by atoms with van der Waals surface area (Å²) in [6, 6.07) is 11.6. The highest BCUT2D eigenvalue weighted by molar-refractivity contribution is 5.96. The Morgan fingerprint density at radius 3 is 2.56 bits per heavy atom. The van der Waals surface area contributed by atoms with E-state index >= 15 is 0 Å². The predicted molar refractivity (Wildman–Crippen MR) is 127 cm³/mol. The molecule has 2 aromatic carbocycles. The number of carbonyl (C=O) groups excluding carboxylic acids is 3. The maximum Gasteiger partial charge on any atom is 0.272 e. The van der Waals surface area contributed by atoms with Crippen LogP contribution in [0.5, 0.6) is 5.75 Å². The van der Waals surface area contributed by atoms with Crippen LogP contribution in [0, 0.1) is 11.8 Å². The summed E-state index contributed by atoms with van der Waals surface area (Å²) < 4.78 is 6.65. The Bertz CT molecular complexity index is 1190. The Morgan fingerprint density at radius 2 is 1.91 bits per heavy atom. The summed E-state index contributed by atoms with van der Waals surface area (Å²) in [5.74, 6) is -0.466. The van der Waals surface area contributed by atoms with Crippen LogP contribution in [0.25, 0.3) is 10.8 Å². The summed E-state index contributed by atoms with van der Waals surface area (Å²) in [6.07, 6.45) is -0.0521. The second kappa shape index (κ2) is 8.85. The van der Waals surface area contributed by atoms with Gasteiger partial charge in [0.05, 0.1) is 37.9 Å². The molecule has 34 heavy (non-hydrogen) atoms. The average Bonchev–Trinajstić information content (AvgIpc) is 2.98. The van der Waals surface area contributed by atoms with Crippen molar-refractivity contribution in [3.63, 3.8) is 0 Å². The standard InChI is InChI=1S/C26H31N3O5/c1-15-20(21(13-30)28-25(15)24(16(2)31)26(28)33)14-34-22-10-6-8-18-17(7-5-9-19(18)22)11-29(3,4)12-23(27)32/h5-10,13,15-16,24-25,31H,11-12,14H2,1-4H3,(H-,27,32)/p+1/t15-,16+,24+,25+/m0/s1. The molecular weight excluding hydrogens is 434 g/mol. The lowest BCUT2D eigenvalue weighted by atomic mass is 9.78. The van der Waals surface area contributed by atoms with Crippen LogP contribution in [0.1, 0.15) is 19.4 Å². The number of hydrogen-bond acceptors (Lipinski definition) is 5. The number of ether oxygens (including phenoxy) is 1. The molecule has 0 spiro atoms. The second-order valence-corrected chi connectivity index (χ2v) is 10.1. The number of fused-ring (bicyclic) bond motifs is 2. The van der Waals surface area contributed by atoms with Gasteiger partial charge in [0.25, 0.3) is 5.91 Å². The van der Waals surface area contributed by atoms with E-state index in [-0.39, 0.29) is 36.9 Å². The lowest BCUT2D eigenvalue weighted by Crippen LogP contribution is -2.63. The fourth-order valence-electron chi connectivity index (χ4n) is 5.47. The first kappa shape index (κ1) is 23.9. The number of β-lactam (4-membered cyclic amide) rings is 1. The van der Waals surface area contributed by atoms with Crippen molar-refractivity contribution in [1.29, 1.82) is 0 Å². The summed E-state index contributed by atoms with van der Waals surface area (Å²) in [6.45, 7) is 4.61. The number of likely N-dealkylation sites (N-methyl/N-ethyl adjacent to an activating group) is 1. The van der Waals surface area contributed by atoms with Crippen molar-refractivity contribution in [2.75, 3.05) is 27.2 Å². The molecule has 3 N–H and O–H groups in total. The number of amides is 2. The first-order valence-corrected chi connectivity index (χ1v) is 11.5. The highest BCUT2D eigenvalue weighted by Crippen LogP contribution is 2.46. The minimum Gasteiger partial charge on any atom is -0.489 e. The number of hydrogen-bond donors (Lipinski definition) is 2. The highest BCUT2D eigenvalue weighted by Gasteiger charge is 2.58. The molecule has 0 radical (unpaired) electrons. The molecule has 2 amide bonds. The molecule has 4 rings (SSSR count). The van der Waals surface area contributed by atoms with Crippen molar-refractivity contribution in [1.82, 2.24) is 4.90 Å². The zero-order chi connectivity index (χ0) is 24.8. The Hall–Kier alpha value is -3.23. The van der Waals surface area contributed by atoms with Crippen LogP contribution in [0.2, 0.25) is 0 Å². The summed E-state index contributed by atoms with van der Waals surface area (Å²) >= 11 is 0. The number of aliphatic hydroxyl groups is 1. The molecule has 2 heterocycles. The third-order valence-electron chi connectivity index (χ3n) is 7.01. The Balaban J connectivity index is 1.59. The number of primary amides is 1. The van der Waals surface area contributed by atoms with E-state index in [0.717, 1.165) is 21.9 Å². The summed E-state index contributed by atoms with van der Waals surface area (Å²) in [5.41, 5.74) is 7.61. The molecule has 0 saturated carbocycles. The van der Waals surface area contributed by atoms with E-state index in [1.54, 1.807) is 6.92 Å². The van der Waals surface area contributed by atoms with Gasteiger partial charge in [0, 0.05) is 16.9 Å². The molecule has 0 unspecified atom stereocenters. The van der Waals surface area contributed by atoms with Gasteiger partial charge in [-0.05, 0) is 23.9 Å². The van der Waals surface area contributed by atoms with Gasteiger partial charge in [0.15, 0.2) is 12.8 Å². The van der Waals surface area contributed by atoms with Gasteiger partial charge < -0.3 is 25.0 Å². The van der Waals surface area contributed by atoms with Gasteiger partial charge in [-0.2, -0.15) is 0 Å². The number of nitrogens with zero attached hydrogens (tertiary/aromatic N) is 2. The Kier molecular flexibility index (Phi) is 6.22. The van der Waals surface area contributed by atoms with Gasteiger partial charge in [0.2, 0.25) is 5.91 Å². The largest absolute Gasteiger partial charge is 0.489 e. The van der Waals surface area contributed by atoms with Crippen LogP contribution < -0.4 is 10.5 Å². The molecular formula is C26H32N3O5+. The molecule has 1 fully saturated rings. The van der Waals surface area contributed by atoms with Crippen molar-refractivity contribution in [2.24, 2.45) is 17.6 Å². The number of aliphatic hydroxyl groups excluding tert-OH is 1. The number of benzene rings is 2. The minimum absolute atomic E-state index is 0.0880. The van der Waals surface area contributed by atoms with E-state index in [0.29, 0.717) is 28.8 Å². The first-order valence-electron chi connectivity index (χ1n) is 11.5. The monoisotopic (exact) mass is 466 g/mol. The van der Waals surface area contributed by atoms with Crippen molar-refractivity contribution in [3.8, 4) is 5.75 Å². The molecule has 0 aromatic heterocycles. The number of aldehydes is 1. The second-order valence-electron chi connectivity index (χ2n) is 10.1. The van der Waals surface area contributed by atoms with Gasteiger partial charge in [-0.25, -0.2) is 0 Å². The molecule has 2 aromatic rings. The van der Waals surface area contributed by atoms with Gasteiger partial charge >= 0.3 is 0 Å². The topological polar surface area (TPSA) is 110 Å². The van der Waals surface area contributed by atoms with Gasteiger partial charge in [-0.3, -0.25) is 14.4 Å². The van der Waals surface area contributed by atoms with Gasteiger partial charge in [-0.1, -0.05) is 37.3 Å². The third-order valence-corrected chi connectivity index (χ3v) is 7.01. The molecule has 1 saturated heterocycles. The summed E-state index contributed by atoms with van der Waals surface area (Å²) in [4.78, 5) is 37.3. The number of nitrogens with two attached hydrogens (primary N) is 1. The fraction of sp³-hybridized carbons (Fsp3) is 0.423. The van der Waals surface area contributed by atoms with Crippen LogP contribution in [0.4, 0.5) is 0 Å². The Morgan fingerprint density at radius 1 is 1.24 bits per heavy atom. The van der Waals surface area contributed by atoms with Crippen molar-refractivity contribution >= 4 is 28.9 Å². The van der Waals surface area contributed by atoms with Gasteiger partial charge in [0.1, 0.15) is 18.9 Å². The number of rotatable bonds is 9. The van der Waals surface area contributed by atoms with Crippen molar-refractivity contribution in [3.05, 3.63) is 53.2 Å². The zero-order valence-electron chi connectivity index (χ0n) is 20.0. The average molecular weight is 467 g/mol. The van der Waals surface area contributed by atoms with E-state index in [4.69, 9.17) is 10.5 Å². The number of carbonyl (C=O) groups is 3. The SMILES string of the molecule is C[C@@H](O)[C@H]1C(=O)N2C(C=O)=C(COc3cccc4c(C[N+](C)(C)CC(N)=O)cccc34)[C@H](C)[C@H]12. The highest BCUT2D eigenvalue weighted by atomic mass is 16.5.